The molecule has 0 atom stereocenters. The van der Waals surface area contributed by atoms with Crippen LogP contribution in [0.5, 0.6) is 0 Å². The maximum atomic E-state index is 13.3. The Kier molecular flexibility index (Phi) is 10.3. The molecule has 1 amide bonds. The largest absolute Gasteiger partial charge is 1.00 e. The van der Waals surface area contributed by atoms with Crippen molar-refractivity contribution >= 4 is 51.6 Å². The smallest absolute Gasteiger partial charge is 0.475 e. The van der Waals surface area contributed by atoms with E-state index in [0.717, 1.165) is 7.05 Å². The van der Waals surface area contributed by atoms with E-state index in [4.69, 9.17) is 18.0 Å². The number of fused-ring (bicyclic) bond motifs is 1. The number of hydrogen-bond acceptors (Lipinski definition) is 8. The number of benzene rings is 1. The summed E-state index contributed by atoms with van der Waals surface area (Å²) in [5.74, 6) is 0.388. The topological polar surface area (TPSA) is 141 Å². The van der Waals surface area contributed by atoms with Crippen LogP contribution >= 0.6 is 11.6 Å². The number of alkyl halides is 3. The van der Waals surface area contributed by atoms with Crippen molar-refractivity contribution in [3.63, 3.8) is 0 Å². The van der Waals surface area contributed by atoms with Gasteiger partial charge in [-0.3, -0.25) is 9.36 Å². The molecule has 3 heterocycles. The molecule has 4 aromatic rings. The molecular formula is C27H24BrClF3N9O3. The summed E-state index contributed by atoms with van der Waals surface area (Å²) in [7, 11) is 4.38. The van der Waals surface area contributed by atoms with Gasteiger partial charge < -0.3 is 42.2 Å². The summed E-state index contributed by atoms with van der Waals surface area (Å²) in [6.07, 6.45) is 6.20. The van der Waals surface area contributed by atoms with Crippen LogP contribution in [0.4, 0.5) is 36.3 Å². The SMILES string of the molecule is C#Cc1cc(Nc2ncnc3cnc(NC(=O)/C=C/C[N+](C)(C)Cc4c([N+](=O)[O-])nc(C(F)(F)F)n4C)cc23)ccc1Cl.[Br-]. The first-order valence-corrected chi connectivity index (χ1v) is 12.8. The number of quaternary nitrogens is 1. The predicted octanol–water partition coefficient (Wildman–Crippen LogP) is 1.84. The van der Waals surface area contributed by atoms with Crippen LogP contribution < -0.4 is 27.6 Å². The van der Waals surface area contributed by atoms with Gasteiger partial charge in [0.15, 0.2) is 5.69 Å². The Bertz CT molecular complexity index is 1800. The van der Waals surface area contributed by atoms with Gasteiger partial charge in [0.1, 0.15) is 24.5 Å². The van der Waals surface area contributed by atoms with Crippen LogP contribution in [0.1, 0.15) is 17.1 Å². The molecule has 17 heteroatoms. The lowest BCUT2D eigenvalue weighted by atomic mass is 10.2. The number of pyridine rings is 1. The molecule has 1 aromatic carbocycles. The second-order valence-corrected chi connectivity index (χ2v) is 10.4. The van der Waals surface area contributed by atoms with Crippen LogP contribution in [0.2, 0.25) is 5.02 Å². The van der Waals surface area contributed by atoms with Gasteiger partial charge in [0, 0.05) is 29.8 Å². The fraction of sp³-hybridized carbons (Fsp3) is 0.222. The van der Waals surface area contributed by atoms with Crippen LogP contribution in [0.3, 0.4) is 0 Å². The average molecular weight is 695 g/mol. The number of nitrogens with one attached hydrogen (secondary N) is 2. The number of halogens is 5. The molecule has 0 aliphatic heterocycles. The number of amides is 1. The molecule has 0 saturated heterocycles. The Morgan fingerprint density at radius 1 is 1.25 bits per heavy atom. The molecule has 2 N–H and O–H groups in total. The van der Waals surface area contributed by atoms with E-state index in [-0.39, 0.29) is 46.1 Å². The lowest BCUT2D eigenvalue weighted by Gasteiger charge is -2.28. The first-order chi connectivity index (χ1) is 20.2. The summed E-state index contributed by atoms with van der Waals surface area (Å²) in [4.78, 5) is 38.9. The highest BCUT2D eigenvalue weighted by atomic mass is 79.9. The zero-order valence-electron chi connectivity index (χ0n) is 23.4. The molecule has 0 aliphatic carbocycles. The van der Waals surface area contributed by atoms with Crippen LogP contribution in [0.25, 0.3) is 10.9 Å². The molecule has 0 spiro atoms. The first kappa shape index (κ1) is 33.9. The summed E-state index contributed by atoms with van der Waals surface area (Å²) < 4.78 is 40.5. The zero-order chi connectivity index (χ0) is 31.5. The third-order valence-corrected chi connectivity index (χ3v) is 6.55. The minimum absolute atomic E-state index is 0. The summed E-state index contributed by atoms with van der Waals surface area (Å²) in [5.41, 5.74) is 1.45. The number of carbonyl (C=O) groups is 1. The Hall–Kier alpha value is -4.59. The van der Waals surface area contributed by atoms with Crippen LogP contribution in [-0.2, 0) is 24.6 Å². The first-order valence-electron chi connectivity index (χ1n) is 12.4. The van der Waals surface area contributed by atoms with Gasteiger partial charge in [-0.05, 0) is 40.2 Å². The maximum Gasteiger partial charge on any atom is 0.475 e. The quantitative estimate of drug-likeness (QED) is 0.0890. The average Bonchev–Trinajstić information content (AvgIpc) is 3.25. The number of aromatic nitrogens is 5. The van der Waals surface area contributed by atoms with E-state index >= 15 is 0 Å². The standard InChI is InChI=1S/C27H23ClF3N9O3.BrH/c1-5-16-11-17(8-9-19(16)28)35-24-18-12-22(32-13-20(18)33-15-34-24)36-23(41)7-6-10-40(3,4)14-21-25(39(42)43)37-26(38(21)2)27(29,30)31;/h1,6-9,11-13,15H,10,14H2,2-4H3,(H-,32,33,34,35,36,41);1H/b7-6+;. The Balaban J connectivity index is 0.00000529. The maximum absolute atomic E-state index is 13.3. The van der Waals surface area contributed by atoms with E-state index in [1.165, 1.54) is 24.7 Å². The monoisotopic (exact) mass is 693 g/mol. The van der Waals surface area contributed by atoms with Crippen molar-refractivity contribution in [2.45, 2.75) is 12.7 Å². The van der Waals surface area contributed by atoms with E-state index in [9.17, 15) is 28.1 Å². The number of carbonyl (C=O) groups excluding carboxylic acids is 1. The fourth-order valence-corrected chi connectivity index (χ4v) is 4.33. The van der Waals surface area contributed by atoms with Gasteiger partial charge in [-0.25, -0.2) is 15.0 Å². The molecule has 0 unspecified atom stereocenters. The van der Waals surface area contributed by atoms with E-state index in [1.54, 1.807) is 38.4 Å². The van der Waals surface area contributed by atoms with Crippen molar-refractivity contribution in [1.29, 1.82) is 0 Å². The Morgan fingerprint density at radius 2 is 1.98 bits per heavy atom. The number of rotatable bonds is 9. The number of terminal acetylenes is 1. The van der Waals surface area contributed by atoms with Crippen LogP contribution in [0, 0.1) is 22.5 Å². The normalized spacial score (nSPS) is 11.7. The molecule has 0 saturated carbocycles. The van der Waals surface area contributed by atoms with Gasteiger partial charge in [0.05, 0.1) is 37.4 Å². The van der Waals surface area contributed by atoms with Gasteiger partial charge in [-0.1, -0.05) is 17.5 Å². The van der Waals surface area contributed by atoms with Crippen molar-refractivity contribution < 1.29 is 44.4 Å². The number of imidazole rings is 1. The third-order valence-electron chi connectivity index (χ3n) is 6.22. The molecule has 4 rings (SSSR count). The van der Waals surface area contributed by atoms with E-state index in [2.05, 4.69) is 36.5 Å². The summed E-state index contributed by atoms with van der Waals surface area (Å²) >= 11 is 6.08. The van der Waals surface area contributed by atoms with Crippen LogP contribution in [0.15, 0.2) is 48.9 Å². The number of anilines is 3. The molecule has 0 bridgehead atoms. The fourth-order valence-electron chi connectivity index (χ4n) is 4.15. The predicted molar refractivity (Wildman–Crippen MR) is 153 cm³/mol. The van der Waals surface area contributed by atoms with E-state index in [1.807, 2.05) is 0 Å². The summed E-state index contributed by atoms with van der Waals surface area (Å²) in [6, 6.07) is 6.65. The van der Waals surface area contributed by atoms with Gasteiger partial charge >= 0.3 is 17.8 Å². The molecule has 0 aliphatic rings. The van der Waals surface area contributed by atoms with Crippen molar-refractivity contribution in [1.82, 2.24) is 24.5 Å². The van der Waals surface area contributed by atoms with Gasteiger partial charge in [-0.15, -0.1) is 6.42 Å². The van der Waals surface area contributed by atoms with E-state index < -0.39 is 28.6 Å². The Labute approximate surface area is 264 Å². The van der Waals surface area contributed by atoms with Gasteiger partial charge in [-0.2, -0.15) is 13.2 Å². The lowest BCUT2D eigenvalue weighted by Crippen LogP contribution is -3.00. The summed E-state index contributed by atoms with van der Waals surface area (Å²) in [5, 5.41) is 18.1. The Morgan fingerprint density at radius 3 is 2.64 bits per heavy atom. The molecule has 12 nitrogen and oxygen atoms in total. The molecule has 3 aromatic heterocycles. The molecule has 0 radical (unpaired) electrons. The minimum atomic E-state index is -4.85. The molecular weight excluding hydrogens is 671 g/mol. The number of hydrogen-bond donors (Lipinski definition) is 2. The molecule has 44 heavy (non-hydrogen) atoms. The van der Waals surface area contributed by atoms with Crippen molar-refractivity contribution in [3.05, 3.63) is 81.2 Å². The highest BCUT2D eigenvalue weighted by molar-refractivity contribution is 6.31. The van der Waals surface area contributed by atoms with Crippen molar-refractivity contribution in [2.75, 3.05) is 31.3 Å². The molecule has 230 valence electrons. The van der Waals surface area contributed by atoms with Gasteiger partial charge in [0.2, 0.25) is 5.91 Å². The zero-order valence-corrected chi connectivity index (χ0v) is 25.7. The van der Waals surface area contributed by atoms with Crippen molar-refractivity contribution in [2.24, 2.45) is 7.05 Å². The molecule has 0 fully saturated rings. The summed E-state index contributed by atoms with van der Waals surface area (Å²) in [6.45, 7) is 0.00517. The van der Waals surface area contributed by atoms with Crippen LogP contribution in [-0.4, -0.2) is 60.5 Å². The van der Waals surface area contributed by atoms with Crippen molar-refractivity contribution in [3.8, 4) is 12.3 Å². The lowest BCUT2D eigenvalue weighted by molar-refractivity contribution is -0.898. The minimum Gasteiger partial charge on any atom is -1.00 e. The number of nitrogens with zero attached hydrogens (tertiary/aromatic N) is 7. The number of likely N-dealkylation sites (N-methyl/N-ethyl adjacent to an activating group) is 1. The highest BCUT2D eigenvalue weighted by Gasteiger charge is 2.45. The number of nitro groups is 1. The second-order valence-electron chi connectivity index (χ2n) is 9.96. The second kappa shape index (κ2) is 13.4. The third kappa shape index (κ3) is 7.86. The van der Waals surface area contributed by atoms with Gasteiger partial charge in [0.25, 0.3) is 0 Å². The highest BCUT2D eigenvalue weighted by Crippen LogP contribution is 2.33. The van der Waals surface area contributed by atoms with E-state index in [0.29, 0.717) is 37.6 Å².